The number of amides is 1. The number of carbonyl (C=O) groups is 1. The minimum absolute atomic E-state index is 0.0124. The summed E-state index contributed by atoms with van der Waals surface area (Å²) in [6, 6.07) is 3.87. The van der Waals surface area contributed by atoms with E-state index in [2.05, 4.69) is 29.5 Å². The van der Waals surface area contributed by atoms with Crippen molar-refractivity contribution in [1.29, 1.82) is 0 Å². The lowest BCUT2D eigenvalue weighted by molar-refractivity contribution is -0.124. The van der Waals surface area contributed by atoms with E-state index in [1.165, 1.54) is 0 Å². The third-order valence-corrected chi connectivity index (χ3v) is 3.16. The molecule has 5 nitrogen and oxygen atoms in total. The minimum atomic E-state index is -0.109. The molecule has 0 aliphatic heterocycles. The van der Waals surface area contributed by atoms with Crippen molar-refractivity contribution in [3.63, 3.8) is 0 Å². The van der Waals surface area contributed by atoms with Crippen molar-refractivity contribution in [3.8, 4) is 5.75 Å². The van der Waals surface area contributed by atoms with Gasteiger partial charge in [-0.3, -0.25) is 9.78 Å². The summed E-state index contributed by atoms with van der Waals surface area (Å²) in [5.41, 5.74) is 1.75. The molecular weight excluding hydrogens is 254 g/mol. The summed E-state index contributed by atoms with van der Waals surface area (Å²) in [5.74, 6) is 0.944. The Morgan fingerprint density at radius 3 is 2.65 bits per heavy atom. The molecule has 1 aromatic heterocycles. The van der Waals surface area contributed by atoms with Crippen molar-refractivity contribution in [2.75, 3.05) is 13.7 Å². The number of hydrogen-bond donors (Lipinski definition) is 2. The van der Waals surface area contributed by atoms with Crippen LogP contribution < -0.4 is 15.4 Å². The second kappa shape index (κ2) is 7.85. The lowest BCUT2D eigenvalue weighted by atomic mass is 10.1. The van der Waals surface area contributed by atoms with Gasteiger partial charge < -0.3 is 15.4 Å². The van der Waals surface area contributed by atoms with Crippen LogP contribution in [0.1, 0.15) is 32.2 Å². The molecule has 1 heterocycles. The zero-order valence-corrected chi connectivity index (χ0v) is 13.0. The predicted molar refractivity (Wildman–Crippen MR) is 79.7 cm³/mol. The molecule has 1 unspecified atom stereocenters. The molecule has 1 amide bonds. The third kappa shape index (κ3) is 5.17. The Morgan fingerprint density at radius 1 is 1.35 bits per heavy atom. The number of hydrogen-bond acceptors (Lipinski definition) is 4. The second-order valence-electron chi connectivity index (χ2n) is 5.32. The van der Waals surface area contributed by atoms with Crippen LogP contribution in [-0.4, -0.2) is 30.6 Å². The summed E-state index contributed by atoms with van der Waals surface area (Å²) in [4.78, 5) is 16.2. The van der Waals surface area contributed by atoms with Crippen molar-refractivity contribution >= 4 is 5.91 Å². The number of nitrogens with one attached hydrogen (secondary N) is 2. The molecule has 0 bridgehead atoms. The van der Waals surface area contributed by atoms with Crippen LogP contribution in [0, 0.1) is 12.8 Å². The van der Waals surface area contributed by atoms with Gasteiger partial charge in [0.1, 0.15) is 5.75 Å². The number of rotatable bonds is 7. The molecule has 112 valence electrons. The summed E-state index contributed by atoms with van der Waals surface area (Å²) >= 11 is 0. The van der Waals surface area contributed by atoms with Gasteiger partial charge in [-0.1, -0.05) is 13.8 Å². The van der Waals surface area contributed by atoms with Gasteiger partial charge in [-0.2, -0.15) is 0 Å². The molecule has 0 radical (unpaired) electrons. The number of pyridine rings is 1. The standard InChI is InChI=1S/C15H25N3O2/c1-10(2)12(4)18-15(19)9-20-14-7-6-11(3)17-13(14)8-16-5/h6-7,10,12,16H,8-9H2,1-5H3,(H,18,19). The molecule has 0 spiro atoms. The Labute approximate surface area is 121 Å². The quantitative estimate of drug-likeness (QED) is 0.796. The summed E-state index contributed by atoms with van der Waals surface area (Å²) in [7, 11) is 1.85. The van der Waals surface area contributed by atoms with Crippen LogP contribution in [0.25, 0.3) is 0 Å². The molecule has 0 aliphatic rings. The van der Waals surface area contributed by atoms with Crippen LogP contribution in [0.15, 0.2) is 12.1 Å². The van der Waals surface area contributed by atoms with E-state index in [0.29, 0.717) is 18.2 Å². The molecule has 0 aliphatic carbocycles. The maximum absolute atomic E-state index is 11.8. The van der Waals surface area contributed by atoms with Gasteiger partial charge in [0.05, 0.1) is 5.69 Å². The van der Waals surface area contributed by atoms with Crippen LogP contribution in [0.5, 0.6) is 5.75 Å². The number of nitrogens with zero attached hydrogens (tertiary/aromatic N) is 1. The first kappa shape index (κ1) is 16.4. The summed E-state index contributed by atoms with van der Waals surface area (Å²) in [6.45, 7) is 8.68. The van der Waals surface area contributed by atoms with Gasteiger partial charge in [-0.05, 0) is 38.9 Å². The van der Waals surface area contributed by atoms with E-state index in [1.54, 1.807) is 0 Å². The van der Waals surface area contributed by atoms with E-state index in [9.17, 15) is 4.79 Å². The van der Waals surface area contributed by atoms with E-state index >= 15 is 0 Å². The van der Waals surface area contributed by atoms with E-state index < -0.39 is 0 Å². The summed E-state index contributed by atoms with van der Waals surface area (Å²) in [5, 5.41) is 5.96. The number of carbonyl (C=O) groups excluding carboxylic acids is 1. The zero-order chi connectivity index (χ0) is 15.1. The Bertz CT molecular complexity index is 447. The second-order valence-corrected chi connectivity index (χ2v) is 5.32. The minimum Gasteiger partial charge on any atom is -0.482 e. The molecule has 0 fully saturated rings. The van der Waals surface area contributed by atoms with Gasteiger partial charge in [0.15, 0.2) is 6.61 Å². The van der Waals surface area contributed by atoms with Crippen molar-refractivity contribution in [1.82, 2.24) is 15.6 Å². The lowest BCUT2D eigenvalue weighted by Crippen LogP contribution is -2.39. The fourth-order valence-corrected chi connectivity index (χ4v) is 1.63. The molecule has 0 aromatic carbocycles. The van der Waals surface area contributed by atoms with Crippen molar-refractivity contribution in [2.45, 2.75) is 40.3 Å². The molecular formula is C15H25N3O2. The van der Waals surface area contributed by atoms with E-state index in [-0.39, 0.29) is 18.6 Å². The Hall–Kier alpha value is -1.62. The van der Waals surface area contributed by atoms with Crippen molar-refractivity contribution in [2.24, 2.45) is 5.92 Å². The maximum Gasteiger partial charge on any atom is 0.258 e. The zero-order valence-electron chi connectivity index (χ0n) is 13.0. The van der Waals surface area contributed by atoms with Gasteiger partial charge in [0.25, 0.3) is 5.91 Å². The van der Waals surface area contributed by atoms with Crippen molar-refractivity contribution in [3.05, 3.63) is 23.5 Å². The normalized spacial score (nSPS) is 12.3. The molecule has 1 rings (SSSR count). The van der Waals surface area contributed by atoms with Crippen molar-refractivity contribution < 1.29 is 9.53 Å². The van der Waals surface area contributed by atoms with Gasteiger partial charge in [-0.25, -0.2) is 0 Å². The largest absolute Gasteiger partial charge is 0.482 e. The highest BCUT2D eigenvalue weighted by molar-refractivity contribution is 5.77. The summed E-state index contributed by atoms with van der Waals surface area (Å²) < 4.78 is 5.57. The molecule has 0 saturated heterocycles. The fraction of sp³-hybridized carbons (Fsp3) is 0.600. The van der Waals surface area contributed by atoms with E-state index in [1.807, 2.05) is 33.0 Å². The van der Waals surface area contributed by atoms with Crippen LogP contribution in [0.3, 0.4) is 0 Å². The first-order valence-electron chi connectivity index (χ1n) is 6.97. The molecule has 2 N–H and O–H groups in total. The first-order chi connectivity index (χ1) is 9.43. The number of aryl methyl sites for hydroxylation is 1. The lowest BCUT2D eigenvalue weighted by Gasteiger charge is -2.18. The van der Waals surface area contributed by atoms with Gasteiger partial charge in [-0.15, -0.1) is 0 Å². The van der Waals surface area contributed by atoms with Crippen LogP contribution in [0.4, 0.5) is 0 Å². The summed E-state index contributed by atoms with van der Waals surface area (Å²) in [6.07, 6.45) is 0. The Balaban J connectivity index is 2.59. The highest BCUT2D eigenvalue weighted by Crippen LogP contribution is 2.16. The van der Waals surface area contributed by atoms with E-state index in [0.717, 1.165) is 11.4 Å². The Kier molecular flexibility index (Phi) is 6.45. The van der Waals surface area contributed by atoms with Gasteiger partial charge >= 0.3 is 0 Å². The van der Waals surface area contributed by atoms with E-state index in [4.69, 9.17) is 4.74 Å². The third-order valence-electron chi connectivity index (χ3n) is 3.16. The Morgan fingerprint density at radius 2 is 2.05 bits per heavy atom. The topological polar surface area (TPSA) is 63.3 Å². The average molecular weight is 279 g/mol. The van der Waals surface area contributed by atoms with Gasteiger partial charge in [0.2, 0.25) is 0 Å². The molecule has 5 heteroatoms. The molecule has 1 atom stereocenters. The van der Waals surface area contributed by atoms with Crippen LogP contribution in [-0.2, 0) is 11.3 Å². The SMILES string of the molecule is CNCc1nc(C)ccc1OCC(=O)NC(C)C(C)C. The molecule has 20 heavy (non-hydrogen) atoms. The van der Waals surface area contributed by atoms with Crippen LogP contribution >= 0.6 is 0 Å². The maximum atomic E-state index is 11.8. The fourth-order valence-electron chi connectivity index (χ4n) is 1.63. The first-order valence-corrected chi connectivity index (χ1v) is 6.97. The number of ether oxygens (including phenoxy) is 1. The number of aromatic nitrogens is 1. The molecule has 1 aromatic rings. The highest BCUT2D eigenvalue weighted by atomic mass is 16.5. The smallest absolute Gasteiger partial charge is 0.258 e. The highest BCUT2D eigenvalue weighted by Gasteiger charge is 2.12. The van der Waals surface area contributed by atoms with Gasteiger partial charge in [0, 0.05) is 18.3 Å². The van der Waals surface area contributed by atoms with Crippen LogP contribution in [0.2, 0.25) is 0 Å². The monoisotopic (exact) mass is 279 g/mol. The molecule has 0 saturated carbocycles. The predicted octanol–water partition coefficient (Wildman–Crippen LogP) is 1.65. The average Bonchev–Trinajstić information content (AvgIpc) is 2.38.